The van der Waals surface area contributed by atoms with Gasteiger partial charge in [-0.25, -0.2) is 9.18 Å². The normalized spacial score (nSPS) is 15.6. The van der Waals surface area contributed by atoms with Crippen molar-refractivity contribution < 1.29 is 27.5 Å². The number of carbonyl (C=O) groups excluding carboxylic acids is 2. The molecule has 2 amide bonds. The van der Waals surface area contributed by atoms with E-state index in [4.69, 9.17) is 4.74 Å². The fourth-order valence-corrected chi connectivity index (χ4v) is 3.84. The maximum Gasteiger partial charge on any atom is 0.414 e. The number of aromatic nitrogens is 1. The smallest absolute Gasteiger partial charge is 0.414 e. The SMILES string of the molecule is CC(=O)NCC1CN(c2ccc(-c3ccc(CNCC(F)(F)c4ccccn4)cc3)c(F)c2)C(=O)O1. The lowest BCUT2D eigenvalue weighted by molar-refractivity contribution is -0.119. The lowest BCUT2D eigenvalue weighted by Crippen LogP contribution is -2.33. The van der Waals surface area contributed by atoms with E-state index in [2.05, 4.69) is 15.6 Å². The summed E-state index contributed by atoms with van der Waals surface area (Å²) in [4.78, 5) is 28.3. The Morgan fingerprint density at radius 1 is 1.17 bits per heavy atom. The summed E-state index contributed by atoms with van der Waals surface area (Å²) >= 11 is 0. The molecule has 7 nitrogen and oxygen atoms in total. The molecule has 0 aliphatic carbocycles. The number of anilines is 1. The van der Waals surface area contributed by atoms with E-state index in [1.165, 1.54) is 36.2 Å². The van der Waals surface area contributed by atoms with Crippen LogP contribution in [0.1, 0.15) is 18.2 Å². The second-order valence-electron chi connectivity index (χ2n) is 8.44. The number of cyclic esters (lactones) is 1. The molecule has 4 rings (SSSR count). The lowest BCUT2D eigenvalue weighted by atomic mass is 10.0. The molecule has 0 radical (unpaired) electrons. The molecule has 2 aromatic carbocycles. The number of pyridine rings is 1. The molecule has 0 spiro atoms. The maximum atomic E-state index is 14.9. The summed E-state index contributed by atoms with van der Waals surface area (Å²) < 4.78 is 48.6. The number of benzene rings is 2. The van der Waals surface area contributed by atoms with Crippen LogP contribution < -0.4 is 15.5 Å². The number of rotatable bonds is 9. The molecule has 2 heterocycles. The maximum absolute atomic E-state index is 14.9. The Balaban J connectivity index is 1.36. The van der Waals surface area contributed by atoms with E-state index in [1.807, 2.05) is 0 Å². The van der Waals surface area contributed by atoms with Gasteiger partial charge in [-0.1, -0.05) is 30.3 Å². The van der Waals surface area contributed by atoms with E-state index in [-0.39, 0.29) is 31.2 Å². The minimum atomic E-state index is -3.10. The van der Waals surface area contributed by atoms with Gasteiger partial charge in [-0.3, -0.25) is 14.7 Å². The minimum Gasteiger partial charge on any atom is -0.442 e. The molecule has 1 unspecified atom stereocenters. The van der Waals surface area contributed by atoms with Crippen LogP contribution in [0.2, 0.25) is 0 Å². The monoisotopic (exact) mass is 498 g/mol. The van der Waals surface area contributed by atoms with Gasteiger partial charge in [0.25, 0.3) is 0 Å². The van der Waals surface area contributed by atoms with Crippen molar-refractivity contribution in [3.8, 4) is 11.1 Å². The van der Waals surface area contributed by atoms with Crippen LogP contribution >= 0.6 is 0 Å². The van der Waals surface area contributed by atoms with Crippen molar-refractivity contribution in [2.75, 3.05) is 24.5 Å². The second-order valence-corrected chi connectivity index (χ2v) is 8.44. The third-order valence-electron chi connectivity index (χ3n) is 5.70. The predicted molar refractivity (Wildman–Crippen MR) is 128 cm³/mol. The van der Waals surface area contributed by atoms with Crippen molar-refractivity contribution in [3.63, 3.8) is 0 Å². The molecular weight excluding hydrogens is 473 g/mol. The van der Waals surface area contributed by atoms with Crippen LogP contribution in [0.3, 0.4) is 0 Å². The highest BCUT2D eigenvalue weighted by molar-refractivity contribution is 5.90. The van der Waals surface area contributed by atoms with Crippen molar-refractivity contribution in [3.05, 3.63) is 83.9 Å². The van der Waals surface area contributed by atoms with E-state index >= 15 is 0 Å². The molecular formula is C26H25F3N4O3. The van der Waals surface area contributed by atoms with Gasteiger partial charge in [-0.2, -0.15) is 8.78 Å². The highest BCUT2D eigenvalue weighted by Crippen LogP contribution is 2.29. The molecule has 0 bridgehead atoms. The molecule has 1 atom stereocenters. The van der Waals surface area contributed by atoms with Gasteiger partial charge < -0.3 is 15.4 Å². The Kier molecular flexibility index (Phi) is 7.54. The largest absolute Gasteiger partial charge is 0.442 e. The van der Waals surface area contributed by atoms with Crippen LogP contribution in [0.15, 0.2) is 66.9 Å². The molecule has 188 valence electrons. The number of hydrogen-bond acceptors (Lipinski definition) is 5. The fourth-order valence-electron chi connectivity index (χ4n) is 3.84. The number of hydrogen-bond donors (Lipinski definition) is 2. The summed E-state index contributed by atoms with van der Waals surface area (Å²) in [7, 11) is 0. The number of halogens is 3. The number of nitrogens with zero attached hydrogens (tertiary/aromatic N) is 2. The first-order valence-electron chi connectivity index (χ1n) is 11.3. The zero-order valence-corrected chi connectivity index (χ0v) is 19.5. The number of carbonyl (C=O) groups is 2. The highest BCUT2D eigenvalue weighted by atomic mass is 19.3. The van der Waals surface area contributed by atoms with Crippen molar-refractivity contribution in [2.24, 2.45) is 0 Å². The number of ether oxygens (including phenoxy) is 1. The van der Waals surface area contributed by atoms with Gasteiger partial charge in [-0.15, -0.1) is 0 Å². The highest BCUT2D eigenvalue weighted by Gasteiger charge is 2.33. The average Bonchev–Trinajstić information content (AvgIpc) is 3.24. The number of alkyl halides is 2. The number of amides is 2. The van der Waals surface area contributed by atoms with Gasteiger partial charge in [0, 0.05) is 25.2 Å². The lowest BCUT2D eigenvalue weighted by Gasteiger charge is -2.16. The fraction of sp³-hybridized carbons (Fsp3) is 0.269. The second kappa shape index (κ2) is 10.8. The molecule has 2 N–H and O–H groups in total. The Morgan fingerprint density at radius 3 is 2.61 bits per heavy atom. The molecule has 3 aromatic rings. The van der Waals surface area contributed by atoms with E-state index in [0.717, 1.165) is 5.56 Å². The Bertz CT molecular complexity index is 1220. The van der Waals surface area contributed by atoms with Crippen LogP contribution in [-0.2, 0) is 22.0 Å². The van der Waals surface area contributed by atoms with Gasteiger partial charge >= 0.3 is 12.0 Å². The van der Waals surface area contributed by atoms with Gasteiger partial charge in [0.2, 0.25) is 5.91 Å². The summed E-state index contributed by atoms with van der Waals surface area (Å²) in [5, 5.41) is 5.33. The molecule has 36 heavy (non-hydrogen) atoms. The number of nitrogens with one attached hydrogen (secondary N) is 2. The standard InChI is InChI=1S/C26H25F3N4O3/c1-17(34)32-14-21-15-33(25(35)36-21)20-9-10-22(23(27)12-20)19-7-5-18(6-8-19)13-30-16-26(28,29)24-4-2-3-11-31-24/h2-12,21,30H,13-16H2,1H3,(H,32,34). The molecule has 10 heteroatoms. The molecule has 1 aliphatic heterocycles. The third kappa shape index (κ3) is 6.01. The summed E-state index contributed by atoms with van der Waals surface area (Å²) in [6.45, 7) is 1.39. The summed E-state index contributed by atoms with van der Waals surface area (Å²) in [5.41, 5.74) is 1.76. The zero-order chi connectivity index (χ0) is 25.7. The van der Waals surface area contributed by atoms with Crippen LogP contribution in [-0.4, -0.2) is 42.7 Å². The summed E-state index contributed by atoms with van der Waals surface area (Å²) in [5.74, 6) is -3.85. The summed E-state index contributed by atoms with van der Waals surface area (Å²) in [6, 6.07) is 15.7. The van der Waals surface area contributed by atoms with Crippen molar-refractivity contribution >= 4 is 17.7 Å². The quantitative estimate of drug-likeness (QED) is 0.461. The van der Waals surface area contributed by atoms with E-state index in [0.29, 0.717) is 16.8 Å². The average molecular weight is 499 g/mol. The van der Waals surface area contributed by atoms with Gasteiger partial charge in [0.15, 0.2) is 0 Å². The first kappa shape index (κ1) is 25.2. The van der Waals surface area contributed by atoms with Crippen molar-refractivity contribution in [1.29, 1.82) is 0 Å². The van der Waals surface area contributed by atoms with Gasteiger partial charge in [0.05, 0.1) is 25.3 Å². The zero-order valence-electron chi connectivity index (χ0n) is 19.5. The molecule has 1 aromatic heterocycles. The first-order valence-corrected chi connectivity index (χ1v) is 11.3. The van der Waals surface area contributed by atoms with Crippen LogP contribution in [0, 0.1) is 5.82 Å². The van der Waals surface area contributed by atoms with Gasteiger partial charge in [0.1, 0.15) is 17.6 Å². The van der Waals surface area contributed by atoms with Crippen LogP contribution in [0.25, 0.3) is 11.1 Å². The van der Waals surface area contributed by atoms with Crippen molar-refractivity contribution in [2.45, 2.75) is 25.5 Å². The Morgan fingerprint density at radius 2 is 1.94 bits per heavy atom. The molecule has 0 saturated carbocycles. The minimum absolute atomic E-state index is 0.181. The third-order valence-corrected chi connectivity index (χ3v) is 5.70. The Hall–Kier alpha value is -3.92. The first-order chi connectivity index (χ1) is 17.2. The molecule has 1 fully saturated rings. The van der Waals surface area contributed by atoms with E-state index in [9.17, 15) is 22.8 Å². The Labute approximate surface area is 206 Å². The summed E-state index contributed by atoms with van der Waals surface area (Å²) in [6.07, 6.45) is 0.201. The van der Waals surface area contributed by atoms with Crippen LogP contribution in [0.5, 0.6) is 0 Å². The molecule has 1 aliphatic rings. The molecule has 1 saturated heterocycles. The van der Waals surface area contributed by atoms with E-state index < -0.39 is 30.5 Å². The van der Waals surface area contributed by atoms with Gasteiger partial charge in [-0.05, 0) is 41.5 Å². The van der Waals surface area contributed by atoms with Crippen molar-refractivity contribution in [1.82, 2.24) is 15.6 Å². The predicted octanol–water partition coefficient (Wildman–Crippen LogP) is 4.23. The van der Waals surface area contributed by atoms with E-state index in [1.54, 1.807) is 42.5 Å². The van der Waals surface area contributed by atoms with Crippen LogP contribution in [0.4, 0.5) is 23.7 Å². The topological polar surface area (TPSA) is 83.6 Å².